The summed E-state index contributed by atoms with van der Waals surface area (Å²) in [4.78, 5) is 23.4. The maximum Gasteiger partial charge on any atom is 0.271 e. The molecule has 0 aliphatic heterocycles. The number of benzene rings is 3. The molecule has 8 nitrogen and oxygen atoms in total. The summed E-state index contributed by atoms with van der Waals surface area (Å²) >= 11 is 5.90. The second-order valence-corrected chi connectivity index (χ2v) is 10.2. The molecule has 3 aromatic carbocycles. The van der Waals surface area contributed by atoms with E-state index in [1.165, 1.54) is 18.3 Å². The molecule has 0 aliphatic rings. The number of aromatic nitrogens is 1. The number of rotatable bonds is 7. The highest BCUT2D eigenvalue weighted by Gasteiger charge is 2.22. The molecule has 1 N–H and O–H groups in total. The molecule has 1 aromatic heterocycles. The Hall–Kier alpha value is -3.69. The number of halogens is 1. The van der Waals surface area contributed by atoms with E-state index in [0.717, 1.165) is 0 Å². The summed E-state index contributed by atoms with van der Waals surface area (Å²) in [5.74, 6) is -0.650. The Morgan fingerprint density at radius 1 is 1.09 bits per heavy atom. The molecule has 0 saturated carbocycles. The van der Waals surface area contributed by atoms with Gasteiger partial charge in [0.25, 0.3) is 5.69 Å². The standard InChI is InChI=1S/C24H20ClN3O5S/c1-16-6-11-19(28(30)31)12-21(16)26-24(29)14-27-13-23(20-4-2-3-5-22(20)27)34(32,33)15-17-7-9-18(25)10-8-17/h2-13H,14-15H2,1H3,(H,26,29). The average Bonchev–Trinajstić information content (AvgIpc) is 3.16. The number of nitro benzene ring substituents is 1. The lowest BCUT2D eigenvalue weighted by atomic mass is 10.2. The van der Waals surface area contributed by atoms with Gasteiger partial charge in [-0.25, -0.2) is 8.42 Å². The van der Waals surface area contributed by atoms with Gasteiger partial charge in [0.1, 0.15) is 6.54 Å². The summed E-state index contributed by atoms with van der Waals surface area (Å²) < 4.78 is 28.0. The summed E-state index contributed by atoms with van der Waals surface area (Å²) in [7, 11) is -3.72. The van der Waals surface area contributed by atoms with Crippen LogP contribution in [-0.4, -0.2) is 23.8 Å². The van der Waals surface area contributed by atoms with Crippen LogP contribution in [0.1, 0.15) is 11.1 Å². The Morgan fingerprint density at radius 3 is 2.50 bits per heavy atom. The van der Waals surface area contributed by atoms with E-state index in [9.17, 15) is 23.3 Å². The molecular formula is C24H20ClN3O5S. The monoisotopic (exact) mass is 497 g/mol. The van der Waals surface area contributed by atoms with Crippen LogP contribution in [0.25, 0.3) is 10.9 Å². The number of amides is 1. The second kappa shape index (κ2) is 9.28. The molecule has 1 heterocycles. The normalized spacial score (nSPS) is 11.5. The molecule has 4 rings (SSSR count). The zero-order valence-electron chi connectivity index (χ0n) is 18.1. The van der Waals surface area contributed by atoms with E-state index in [1.54, 1.807) is 66.1 Å². The molecule has 10 heteroatoms. The number of non-ortho nitro benzene ring substituents is 1. The van der Waals surface area contributed by atoms with Crippen LogP contribution >= 0.6 is 11.6 Å². The zero-order chi connectivity index (χ0) is 24.5. The third-order valence-corrected chi connectivity index (χ3v) is 7.34. The van der Waals surface area contributed by atoms with Crippen molar-refractivity contribution in [3.8, 4) is 0 Å². The smallest absolute Gasteiger partial charge is 0.271 e. The minimum absolute atomic E-state index is 0.123. The molecule has 0 unspecified atom stereocenters. The number of sulfone groups is 1. The first-order valence-electron chi connectivity index (χ1n) is 10.2. The van der Waals surface area contributed by atoms with Crippen LogP contribution in [0.2, 0.25) is 5.02 Å². The van der Waals surface area contributed by atoms with Crippen LogP contribution in [0.5, 0.6) is 0 Å². The Balaban J connectivity index is 1.63. The third kappa shape index (κ3) is 4.95. The van der Waals surface area contributed by atoms with Crippen molar-refractivity contribution in [1.82, 2.24) is 4.57 Å². The SMILES string of the molecule is Cc1ccc([N+](=O)[O-])cc1NC(=O)Cn1cc(S(=O)(=O)Cc2ccc(Cl)cc2)c2ccccc21. The maximum atomic E-state index is 13.2. The molecule has 174 valence electrons. The van der Waals surface area contributed by atoms with Gasteiger partial charge in [-0.2, -0.15) is 0 Å². The predicted octanol–water partition coefficient (Wildman–Crippen LogP) is 5.12. The third-order valence-electron chi connectivity index (χ3n) is 5.38. The van der Waals surface area contributed by atoms with E-state index >= 15 is 0 Å². The second-order valence-electron chi connectivity index (χ2n) is 7.83. The Kier molecular flexibility index (Phi) is 6.41. The number of fused-ring (bicyclic) bond motifs is 1. The summed E-state index contributed by atoms with van der Waals surface area (Å²) in [5.41, 5.74) is 2.04. The minimum Gasteiger partial charge on any atom is -0.337 e. The highest BCUT2D eigenvalue weighted by atomic mass is 35.5. The van der Waals surface area contributed by atoms with Crippen molar-refractivity contribution in [2.45, 2.75) is 24.1 Å². The van der Waals surface area contributed by atoms with E-state index in [1.807, 2.05) is 0 Å². The molecule has 0 radical (unpaired) electrons. The lowest BCUT2D eigenvalue weighted by molar-refractivity contribution is -0.384. The van der Waals surface area contributed by atoms with E-state index in [-0.39, 0.29) is 22.9 Å². The van der Waals surface area contributed by atoms with Gasteiger partial charge in [0.2, 0.25) is 5.91 Å². The highest BCUT2D eigenvalue weighted by Crippen LogP contribution is 2.29. The van der Waals surface area contributed by atoms with E-state index in [4.69, 9.17) is 11.6 Å². The van der Waals surface area contributed by atoms with Gasteiger partial charge in [-0.3, -0.25) is 14.9 Å². The first kappa shape index (κ1) is 23.5. The van der Waals surface area contributed by atoms with Gasteiger partial charge in [-0.05, 0) is 36.2 Å². The van der Waals surface area contributed by atoms with Crippen molar-refractivity contribution in [1.29, 1.82) is 0 Å². The molecule has 0 atom stereocenters. The lowest BCUT2D eigenvalue weighted by Gasteiger charge is -2.09. The fourth-order valence-corrected chi connectivity index (χ4v) is 5.38. The van der Waals surface area contributed by atoms with Crippen LogP contribution in [0.4, 0.5) is 11.4 Å². The van der Waals surface area contributed by atoms with E-state index in [2.05, 4.69) is 5.32 Å². The molecule has 0 aliphatic carbocycles. The molecule has 4 aromatic rings. The van der Waals surface area contributed by atoms with Crippen LogP contribution in [0.15, 0.2) is 77.8 Å². The summed E-state index contributed by atoms with van der Waals surface area (Å²) in [6, 6.07) is 17.7. The van der Waals surface area contributed by atoms with E-state index in [0.29, 0.717) is 32.7 Å². The number of nitrogens with one attached hydrogen (secondary N) is 1. The maximum absolute atomic E-state index is 13.2. The van der Waals surface area contributed by atoms with Crippen LogP contribution in [0, 0.1) is 17.0 Å². The number of carbonyl (C=O) groups is 1. The highest BCUT2D eigenvalue weighted by molar-refractivity contribution is 7.90. The number of aryl methyl sites for hydroxylation is 1. The van der Waals surface area contributed by atoms with Gasteiger partial charge in [0, 0.05) is 34.3 Å². The Labute approximate surface area is 200 Å². The van der Waals surface area contributed by atoms with Crippen LogP contribution in [-0.2, 0) is 26.9 Å². The van der Waals surface area contributed by atoms with Crippen LogP contribution in [0.3, 0.4) is 0 Å². The molecule has 0 bridgehead atoms. The number of nitro groups is 1. The molecular weight excluding hydrogens is 478 g/mol. The summed E-state index contributed by atoms with van der Waals surface area (Å²) in [6.07, 6.45) is 1.45. The zero-order valence-corrected chi connectivity index (χ0v) is 19.6. The average molecular weight is 498 g/mol. The Bertz CT molecular complexity index is 1510. The van der Waals surface area contributed by atoms with Crippen molar-refractivity contribution in [2.75, 3.05) is 5.32 Å². The molecule has 1 amide bonds. The van der Waals surface area contributed by atoms with Gasteiger partial charge in [0.05, 0.1) is 21.3 Å². The molecule has 34 heavy (non-hydrogen) atoms. The van der Waals surface area contributed by atoms with E-state index < -0.39 is 20.7 Å². The fraction of sp³-hybridized carbons (Fsp3) is 0.125. The largest absolute Gasteiger partial charge is 0.337 e. The fourth-order valence-electron chi connectivity index (χ4n) is 3.67. The van der Waals surface area contributed by atoms with Crippen molar-refractivity contribution in [3.63, 3.8) is 0 Å². The molecule has 0 spiro atoms. The summed E-state index contributed by atoms with van der Waals surface area (Å²) in [5, 5.41) is 14.8. The van der Waals surface area contributed by atoms with Gasteiger partial charge in [0.15, 0.2) is 9.84 Å². The number of nitrogens with zero attached hydrogens (tertiary/aromatic N) is 2. The number of hydrogen-bond donors (Lipinski definition) is 1. The van der Waals surface area contributed by atoms with Gasteiger partial charge < -0.3 is 9.88 Å². The molecule has 0 saturated heterocycles. The van der Waals surface area contributed by atoms with Gasteiger partial charge in [-0.1, -0.05) is 48.0 Å². The first-order chi connectivity index (χ1) is 16.1. The predicted molar refractivity (Wildman–Crippen MR) is 131 cm³/mol. The van der Waals surface area contributed by atoms with Gasteiger partial charge in [-0.15, -0.1) is 0 Å². The van der Waals surface area contributed by atoms with Crippen molar-refractivity contribution in [3.05, 3.63) is 99.2 Å². The topological polar surface area (TPSA) is 111 Å². The quantitative estimate of drug-likeness (QED) is 0.281. The number of para-hydroxylation sites is 1. The first-order valence-corrected chi connectivity index (χ1v) is 12.3. The lowest BCUT2D eigenvalue weighted by Crippen LogP contribution is -2.19. The van der Waals surface area contributed by atoms with Crippen molar-refractivity contribution in [2.24, 2.45) is 0 Å². The molecule has 0 fully saturated rings. The Morgan fingerprint density at radius 2 is 1.79 bits per heavy atom. The van der Waals surface area contributed by atoms with Gasteiger partial charge >= 0.3 is 0 Å². The number of anilines is 1. The number of carbonyl (C=O) groups excluding carboxylic acids is 1. The number of hydrogen-bond acceptors (Lipinski definition) is 5. The summed E-state index contributed by atoms with van der Waals surface area (Å²) in [6.45, 7) is 1.56. The minimum atomic E-state index is -3.72. The van der Waals surface area contributed by atoms with Crippen LogP contribution < -0.4 is 5.32 Å². The van der Waals surface area contributed by atoms with Crippen molar-refractivity contribution < 1.29 is 18.1 Å². The van der Waals surface area contributed by atoms with Crippen molar-refractivity contribution >= 4 is 49.6 Å².